The molecular formula is C16H25NO3. The summed E-state index contributed by atoms with van der Waals surface area (Å²) in [5, 5.41) is 12.6. The Morgan fingerprint density at radius 1 is 1.25 bits per heavy atom. The van der Waals surface area contributed by atoms with Crippen LogP contribution in [0.2, 0.25) is 0 Å². The van der Waals surface area contributed by atoms with Crippen LogP contribution in [0.25, 0.3) is 0 Å². The average Bonchev–Trinajstić information content (AvgIpc) is 2.50. The Hall–Kier alpha value is -1.26. The lowest BCUT2D eigenvalue weighted by Gasteiger charge is -2.22. The number of hydrogen-bond donors (Lipinski definition) is 2. The molecule has 4 heteroatoms. The van der Waals surface area contributed by atoms with Crippen LogP contribution in [-0.2, 0) is 0 Å². The SMILES string of the molecule is CCC(CCO)CNC(C)c1ccc2c(c1)OCCO2. The highest BCUT2D eigenvalue weighted by molar-refractivity contribution is 5.44. The van der Waals surface area contributed by atoms with Crippen molar-refractivity contribution in [1.29, 1.82) is 0 Å². The van der Waals surface area contributed by atoms with Crippen molar-refractivity contribution >= 4 is 0 Å². The number of hydrogen-bond acceptors (Lipinski definition) is 4. The quantitative estimate of drug-likeness (QED) is 0.805. The Morgan fingerprint density at radius 3 is 2.70 bits per heavy atom. The smallest absolute Gasteiger partial charge is 0.161 e. The van der Waals surface area contributed by atoms with Gasteiger partial charge in [-0.1, -0.05) is 19.4 Å². The molecule has 0 saturated carbocycles. The van der Waals surface area contributed by atoms with E-state index in [1.54, 1.807) is 0 Å². The number of aliphatic hydroxyl groups is 1. The van der Waals surface area contributed by atoms with Crippen LogP contribution in [0.4, 0.5) is 0 Å². The molecule has 0 radical (unpaired) electrons. The Kier molecular flexibility index (Phi) is 5.68. The lowest BCUT2D eigenvalue weighted by Crippen LogP contribution is -2.26. The molecule has 2 unspecified atom stereocenters. The fourth-order valence-corrected chi connectivity index (χ4v) is 2.42. The van der Waals surface area contributed by atoms with Gasteiger partial charge in [0.05, 0.1) is 0 Å². The number of nitrogens with one attached hydrogen (secondary N) is 1. The van der Waals surface area contributed by atoms with Gasteiger partial charge in [0.2, 0.25) is 0 Å². The Morgan fingerprint density at radius 2 is 2.00 bits per heavy atom. The van der Waals surface area contributed by atoms with E-state index >= 15 is 0 Å². The second-order valence-corrected chi connectivity index (χ2v) is 5.32. The predicted molar refractivity (Wildman–Crippen MR) is 79.3 cm³/mol. The minimum atomic E-state index is 0.262. The van der Waals surface area contributed by atoms with E-state index in [1.807, 2.05) is 6.07 Å². The molecule has 0 aliphatic carbocycles. The van der Waals surface area contributed by atoms with Crippen molar-refractivity contribution in [2.45, 2.75) is 32.7 Å². The van der Waals surface area contributed by atoms with E-state index in [0.717, 1.165) is 30.9 Å². The summed E-state index contributed by atoms with van der Waals surface area (Å²) in [5.41, 5.74) is 1.20. The molecule has 20 heavy (non-hydrogen) atoms. The zero-order valence-corrected chi connectivity index (χ0v) is 12.4. The van der Waals surface area contributed by atoms with Gasteiger partial charge in [-0.25, -0.2) is 0 Å². The lowest BCUT2D eigenvalue weighted by atomic mass is 10.0. The van der Waals surface area contributed by atoms with Crippen LogP contribution in [-0.4, -0.2) is 31.5 Å². The van der Waals surface area contributed by atoms with E-state index in [0.29, 0.717) is 19.1 Å². The molecule has 0 spiro atoms. The number of ether oxygens (including phenoxy) is 2. The standard InChI is InChI=1S/C16H25NO3/c1-3-13(6-7-18)11-17-12(2)14-4-5-15-16(10-14)20-9-8-19-15/h4-5,10,12-13,17-18H,3,6-9,11H2,1-2H3. The van der Waals surface area contributed by atoms with Gasteiger partial charge in [0.15, 0.2) is 11.5 Å². The molecule has 0 bridgehead atoms. The van der Waals surface area contributed by atoms with Crippen LogP contribution in [0.1, 0.15) is 38.3 Å². The summed E-state index contributed by atoms with van der Waals surface area (Å²) in [7, 11) is 0. The molecule has 4 nitrogen and oxygen atoms in total. The molecule has 2 atom stereocenters. The Labute approximate surface area is 121 Å². The maximum absolute atomic E-state index is 9.02. The summed E-state index contributed by atoms with van der Waals surface area (Å²) in [6, 6.07) is 6.38. The third-order valence-corrected chi connectivity index (χ3v) is 3.89. The van der Waals surface area contributed by atoms with Crippen LogP contribution in [0, 0.1) is 5.92 Å². The van der Waals surface area contributed by atoms with E-state index in [9.17, 15) is 0 Å². The second-order valence-electron chi connectivity index (χ2n) is 5.32. The van der Waals surface area contributed by atoms with E-state index < -0.39 is 0 Å². The summed E-state index contributed by atoms with van der Waals surface area (Å²) >= 11 is 0. The van der Waals surface area contributed by atoms with Gasteiger partial charge in [-0.05, 0) is 43.5 Å². The highest BCUT2D eigenvalue weighted by Crippen LogP contribution is 2.32. The molecule has 0 fully saturated rings. The molecule has 1 aliphatic heterocycles. The van der Waals surface area contributed by atoms with Crippen LogP contribution >= 0.6 is 0 Å². The van der Waals surface area contributed by atoms with Crippen molar-refractivity contribution in [3.05, 3.63) is 23.8 Å². The molecular weight excluding hydrogens is 254 g/mol. The molecule has 2 rings (SSSR count). The molecule has 2 N–H and O–H groups in total. The zero-order chi connectivity index (χ0) is 14.4. The number of fused-ring (bicyclic) bond motifs is 1. The highest BCUT2D eigenvalue weighted by atomic mass is 16.6. The predicted octanol–water partition coefficient (Wildman–Crippen LogP) is 2.52. The van der Waals surface area contributed by atoms with Gasteiger partial charge in [-0.3, -0.25) is 0 Å². The van der Waals surface area contributed by atoms with E-state index in [4.69, 9.17) is 14.6 Å². The summed E-state index contributed by atoms with van der Waals surface area (Å²) < 4.78 is 11.1. The maximum atomic E-state index is 9.02. The first kappa shape index (κ1) is 15.1. The molecule has 0 saturated heterocycles. The van der Waals surface area contributed by atoms with Crippen molar-refractivity contribution in [1.82, 2.24) is 5.32 Å². The maximum Gasteiger partial charge on any atom is 0.161 e. The summed E-state index contributed by atoms with van der Waals surface area (Å²) in [6.07, 6.45) is 1.94. The fraction of sp³-hybridized carbons (Fsp3) is 0.625. The van der Waals surface area contributed by atoms with Gasteiger partial charge >= 0.3 is 0 Å². The number of benzene rings is 1. The molecule has 1 aliphatic rings. The molecule has 1 aromatic carbocycles. The summed E-state index contributed by atoms with van der Waals surface area (Å²) in [5.74, 6) is 2.20. The third kappa shape index (κ3) is 3.87. The lowest BCUT2D eigenvalue weighted by molar-refractivity contribution is 0.171. The van der Waals surface area contributed by atoms with Crippen molar-refractivity contribution in [2.75, 3.05) is 26.4 Å². The second kappa shape index (κ2) is 7.50. The van der Waals surface area contributed by atoms with Gasteiger partial charge in [-0.15, -0.1) is 0 Å². The van der Waals surface area contributed by atoms with Crippen LogP contribution in [0.15, 0.2) is 18.2 Å². The normalized spacial score (nSPS) is 16.8. The molecule has 1 aromatic rings. The Bertz CT molecular complexity index is 422. The van der Waals surface area contributed by atoms with Crippen molar-refractivity contribution < 1.29 is 14.6 Å². The minimum absolute atomic E-state index is 0.262. The zero-order valence-electron chi connectivity index (χ0n) is 12.4. The first-order valence-electron chi connectivity index (χ1n) is 7.48. The molecule has 1 heterocycles. The third-order valence-electron chi connectivity index (χ3n) is 3.89. The summed E-state index contributed by atoms with van der Waals surface area (Å²) in [4.78, 5) is 0. The van der Waals surface area contributed by atoms with Crippen LogP contribution < -0.4 is 14.8 Å². The molecule has 0 aromatic heterocycles. The number of rotatable bonds is 7. The van der Waals surface area contributed by atoms with Gasteiger partial charge in [-0.2, -0.15) is 0 Å². The van der Waals surface area contributed by atoms with Crippen molar-refractivity contribution in [2.24, 2.45) is 5.92 Å². The monoisotopic (exact) mass is 279 g/mol. The Balaban J connectivity index is 1.93. The molecule has 112 valence electrons. The number of aliphatic hydroxyl groups excluding tert-OH is 1. The fourth-order valence-electron chi connectivity index (χ4n) is 2.42. The van der Waals surface area contributed by atoms with E-state index in [1.165, 1.54) is 5.56 Å². The van der Waals surface area contributed by atoms with Gasteiger partial charge in [0.1, 0.15) is 13.2 Å². The first-order valence-corrected chi connectivity index (χ1v) is 7.48. The van der Waals surface area contributed by atoms with Crippen molar-refractivity contribution in [3.63, 3.8) is 0 Å². The average molecular weight is 279 g/mol. The van der Waals surface area contributed by atoms with Gasteiger partial charge < -0.3 is 19.9 Å². The molecule has 0 amide bonds. The largest absolute Gasteiger partial charge is 0.486 e. The van der Waals surface area contributed by atoms with E-state index in [-0.39, 0.29) is 12.6 Å². The van der Waals surface area contributed by atoms with Gasteiger partial charge in [0, 0.05) is 12.6 Å². The van der Waals surface area contributed by atoms with E-state index in [2.05, 4.69) is 31.3 Å². The first-order chi connectivity index (χ1) is 9.74. The van der Waals surface area contributed by atoms with Crippen LogP contribution in [0.5, 0.6) is 11.5 Å². The summed E-state index contributed by atoms with van der Waals surface area (Å²) in [6.45, 7) is 6.74. The van der Waals surface area contributed by atoms with Gasteiger partial charge in [0.25, 0.3) is 0 Å². The van der Waals surface area contributed by atoms with Crippen molar-refractivity contribution in [3.8, 4) is 11.5 Å². The topological polar surface area (TPSA) is 50.7 Å². The van der Waals surface area contributed by atoms with Crippen LogP contribution in [0.3, 0.4) is 0 Å². The highest BCUT2D eigenvalue weighted by Gasteiger charge is 2.15. The minimum Gasteiger partial charge on any atom is -0.486 e.